The fourth-order valence-corrected chi connectivity index (χ4v) is 3.00. The minimum Gasteiger partial charge on any atom is -0.312 e. The molecule has 2 saturated heterocycles. The number of amides is 3. The highest BCUT2D eigenvalue weighted by Crippen LogP contribution is 2.33. The number of aryl methyl sites for hydroxylation is 2. The van der Waals surface area contributed by atoms with E-state index < -0.39 is 0 Å². The van der Waals surface area contributed by atoms with Gasteiger partial charge in [0.1, 0.15) is 11.9 Å². The van der Waals surface area contributed by atoms with Crippen LogP contribution >= 0.6 is 0 Å². The van der Waals surface area contributed by atoms with E-state index in [0.29, 0.717) is 29.3 Å². The van der Waals surface area contributed by atoms with Crippen molar-refractivity contribution in [1.82, 2.24) is 9.88 Å². The lowest BCUT2D eigenvalue weighted by atomic mass is 10.0. The first kappa shape index (κ1) is 13.6. The van der Waals surface area contributed by atoms with Crippen LogP contribution in [0.2, 0.25) is 0 Å². The van der Waals surface area contributed by atoms with E-state index in [9.17, 15) is 9.59 Å². The largest absolute Gasteiger partial charge is 0.333 e. The van der Waals surface area contributed by atoms with Gasteiger partial charge in [-0.3, -0.25) is 4.79 Å². The van der Waals surface area contributed by atoms with E-state index in [1.54, 1.807) is 24.8 Å². The lowest BCUT2D eigenvalue weighted by molar-refractivity contribution is -0.120. The van der Waals surface area contributed by atoms with Gasteiger partial charge in [-0.25, -0.2) is 19.5 Å². The van der Waals surface area contributed by atoms with E-state index in [1.807, 2.05) is 0 Å². The molecular weight excluding hydrogens is 268 g/mol. The highest BCUT2D eigenvalue weighted by atomic mass is 16.2. The van der Waals surface area contributed by atoms with Crippen LogP contribution in [0.3, 0.4) is 0 Å². The Hall–Kier alpha value is -2.42. The summed E-state index contributed by atoms with van der Waals surface area (Å²) in [7, 11) is 0. The minimum absolute atomic E-state index is 0.190. The summed E-state index contributed by atoms with van der Waals surface area (Å²) < 4.78 is 0. The Morgan fingerprint density at radius 2 is 2.10 bits per heavy atom. The van der Waals surface area contributed by atoms with Crippen LogP contribution in [0.5, 0.6) is 0 Å². The molecule has 0 aliphatic carbocycles. The Bertz CT molecular complexity index is 653. The normalized spacial score (nSPS) is 21.5. The molecule has 108 valence electrons. The standard InChI is InChI=1S/C15H16N4O2/c1-9-8-11(16-3)10(2)17-13(9)19-14(20)12-6-4-5-7-18(12)15(19)21/h8,12H,4-7H2,1-2H3. The maximum Gasteiger partial charge on any atom is 0.333 e. The molecule has 0 aromatic carbocycles. The SMILES string of the molecule is [C-]#[N+]c1cc(C)c(N2C(=O)C3CCCCN3C2=O)nc1C. The molecule has 1 atom stereocenters. The van der Waals surface area contributed by atoms with E-state index in [1.165, 1.54) is 4.90 Å². The fourth-order valence-electron chi connectivity index (χ4n) is 3.00. The molecule has 2 aliphatic rings. The molecule has 1 unspecified atom stereocenters. The second kappa shape index (κ2) is 4.85. The van der Waals surface area contributed by atoms with E-state index >= 15 is 0 Å². The summed E-state index contributed by atoms with van der Waals surface area (Å²) in [5, 5.41) is 0. The summed E-state index contributed by atoms with van der Waals surface area (Å²) >= 11 is 0. The molecule has 2 fully saturated rings. The van der Waals surface area contributed by atoms with Crippen LogP contribution in [0.25, 0.3) is 4.85 Å². The number of piperidine rings is 1. The molecule has 3 rings (SSSR count). The number of pyridine rings is 1. The summed E-state index contributed by atoms with van der Waals surface area (Å²) in [6, 6.07) is 1.06. The number of aromatic nitrogens is 1. The smallest absolute Gasteiger partial charge is 0.312 e. The van der Waals surface area contributed by atoms with Gasteiger partial charge < -0.3 is 4.90 Å². The molecule has 0 saturated carbocycles. The zero-order valence-corrected chi connectivity index (χ0v) is 12.1. The third-order valence-electron chi connectivity index (χ3n) is 4.13. The third-order valence-corrected chi connectivity index (χ3v) is 4.13. The minimum atomic E-state index is -0.340. The van der Waals surface area contributed by atoms with Crippen LogP contribution in [-0.4, -0.2) is 34.4 Å². The van der Waals surface area contributed by atoms with Gasteiger partial charge >= 0.3 is 6.03 Å². The molecule has 0 spiro atoms. The van der Waals surface area contributed by atoms with E-state index in [0.717, 1.165) is 19.3 Å². The quantitative estimate of drug-likeness (QED) is 0.588. The molecular formula is C15H16N4O2. The number of urea groups is 1. The summed E-state index contributed by atoms with van der Waals surface area (Å²) in [4.78, 5) is 35.6. The first-order valence-electron chi connectivity index (χ1n) is 7.05. The Balaban J connectivity index is 2.05. The molecule has 1 aromatic rings. The average Bonchev–Trinajstić information content (AvgIpc) is 2.74. The number of hydrogen-bond donors (Lipinski definition) is 0. The number of carbonyl (C=O) groups excluding carboxylic acids is 2. The predicted molar refractivity (Wildman–Crippen MR) is 77.2 cm³/mol. The predicted octanol–water partition coefficient (Wildman–Crippen LogP) is 2.57. The number of rotatable bonds is 1. The maximum atomic E-state index is 12.5. The second-order valence-electron chi connectivity index (χ2n) is 5.51. The van der Waals surface area contributed by atoms with Crippen molar-refractivity contribution in [2.24, 2.45) is 0 Å². The van der Waals surface area contributed by atoms with E-state index in [-0.39, 0.29) is 18.0 Å². The average molecular weight is 284 g/mol. The Morgan fingerprint density at radius 3 is 2.76 bits per heavy atom. The van der Waals surface area contributed by atoms with Gasteiger partial charge in [0, 0.05) is 12.2 Å². The molecule has 0 N–H and O–H groups in total. The van der Waals surface area contributed by atoms with Crippen molar-refractivity contribution in [2.75, 3.05) is 11.4 Å². The number of anilines is 1. The summed E-state index contributed by atoms with van der Waals surface area (Å²) in [6.45, 7) is 11.2. The van der Waals surface area contributed by atoms with Gasteiger partial charge in [0.15, 0.2) is 0 Å². The van der Waals surface area contributed by atoms with Crippen LogP contribution in [0.1, 0.15) is 30.5 Å². The van der Waals surface area contributed by atoms with Gasteiger partial charge in [-0.1, -0.05) is 0 Å². The molecule has 21 heavy (non-hydrogen) atoms. The molecule has 3 amide bonds. The molecule has 6 heteroatoms. The van der Waals surface area contributed by atoms with E-state index in [2.05, 4.69) is 9.83 Å². The molecule has 0 radical (unpaired) electrons. The molecule has 2 aliphatic heterocycles. The van der Waals surface area contributed by atoms with Crippen LogP contribution in [0.4, 0.5) is 16.3 Å². The van der Waals surface area contributed by atoms with Crippen LogP contribution < -0.4 is 4.90 Å². The van der Waals surface area contributed by atoms with E-state index in [4.69, 9.17) is 6.57 Å². The second-order valence-corrected chi connectivity index (χ2v) is 5.51. The fraction of sp³-hybridized carbons (Fsp3) is 0.467. The van der Waals surface area contributed by atoms with Gasteiger partial charge in [-0.15, -0.1) is 0 Å². The van der Waals surface area contributed by atoms with Crippen LogP contribution in [0.15, 0.2) is 6.07 Å². The molecule has 1 aromatic heterocycles. The highest BCUT2D eigenvalue weighted by molar-refractivity contribution is 6.21. The third kappa shape index (κ3) is 1.97. The maximum absolute atomic E-state index is 12.5. The summed E-state index contributed by atoms with van der Waals surface area (Å²) in [5.74, 6) is 0.176. The lowest BCUT2D eigenvalue weighted by Gasteiger charge is -2.25. The van der Waals surface area contributed by atoms with Crippen molar-refractivity contribution in [2.45, 2.75) is 39.2 Å². The summed E-state index contributed by atoms with van der Waals surface area (Å²) in [5.41, 5.74) is 1.66. The Morgan fingerprint density at radius 1 is 1.33 bits per heavy atom. The molecule has 6 nitrogen and oxygen atoms in total. The first-order chi connectivity index (χ1) is 10.0. The van der Waals surface area contributed by atoms with Crippen LogP contribution in [-0.2, 0) is 4.79 Å². The van der Waals surface area contributed by atoms with Crippen molar-refractivity contribution in [3.05, 3.63) is 28.7 Å². The number of nitrogens with zero attached hydrogens (tertiary/aromatic N) is 4. The monoisotopic (exact) mass is 284 g/mol. The van der Waals surface area contributed by atoms with Crippen LogP contribution in [0, 0.1) is 20.4 Å². The van der Waals surface area contributed by atoms with Gasteiger partial charge in [0.05, 0.1) is 6.57 Å². The van der Waals surface area contributed by atoms with Crippen molar-refractivity contribution < 1.29 is 9.59 Å². The zero-order valence-electron chi connectivity index (χ0n) is 12.1. The zero-order chi connectivity index (χ0) is 15.1. The van der Waals surface area contributed by atoms with Gasteiger partial charge in [-0.2, -0.15) is 0 Å². The van der Waals surface area contributed by atoms with Crippen molar-refractivity contribution in [1.29, 1.82) is 0 Å². The Labute approximate surface area is 123 Å². The van der Waals surface area contributed by atoms with Gasteiger partial charge in [-0.05, 0) is 44.7 Å². The lowest BCUT2D eigenvalue weighted by Crippen LogP contribution is -2.39. The number of hydrogen-bond acceptors (Lipinski definition) is 3. The number of imide groups is 1. The van der Waals surface area contributed by atoms with Crippen molar-refractivity contribution in [3.8, 4) is 0 Å². The van der Waals surface area contributed by atoms with Crippen molar-refractivity contribution >= 4 is 23.4 Å². The number of carbonyl (C=O) groups is 2. The van der Waals surface area contributed by atoms with Gasteiger partial charge in [0.25, 0.3) is 5.91 Å². The molecule has 3 heterocycles. The Kier molecular flexibility index (Phi) is 3.13. The van der Waals surface area contributed by atoms with Crippen molar-refractivity contribution in [3.63, 3.8) is 0 Å². The number of fused-ring (bicyclic) bond motifs is 1. The molecule has 0 bridgehead atoms. The highest BCUT2D eigenvalue weighted by Gasteiger charge is 2.47. The van der Waals surface area contributed by atoms with Gasteiger partial charge in [0.2, 0.25) is 5.69 Å². The first-order valence-corrected chi connectivity index (χ1v) is 7.05. The topological polar surface area (TPSA) is 57.9 Å². The summed E-state index contributed by atoms with van der Waals surface area (Å²) in [6.07, 6.45) is 2.63.